The number of benzene rings is 1. The minimum atomic E-state index is -0.149. The maximum Gasteiger partial charge on any atom is 0.238 e. The van der Waals surface area contributed by atoms with E-state index in [1.54, 1.807) is 18.2 Å². The van der Waals surface area contributed by atoms with Gasteiger partial charge >= 0.3 is 0 Å². The molecule has 1 aromatic carbocycles. The first-order valence-corrected chi connectivity index (χ1v) is 6.42. The Balaban J connectivity index is 2.54. The molecule has 18 heavy (non-hydrogen) atoms. The van der Waals surface area contributed by atoms with Crippen molar-refractivity contribution in [3.8, 4) is 0 Å². The highest BCUT2D eigenvalue weighted by atomic mass is 35.5. The van der Waals surface area contributed by atoms with Crippen molar-refractivity contribution in [2.24, 2.45) is 5.73 Å². The molecule has 0 radical (unpaired) electrons. The highest BCUT2D eigenvalue weighted by Crippen LogP contribution is 2.29. The number of hydrogen-bond acceptors (Lipinski definition) is 3. The van der Waals surface area contributed by atoms with Crippen molar-refractivity contribution in [3.63, 3.8) is 0 Å². The molecule has 0 saturated carbocycles. The second-order valence-corrected chi connectivity index (χ2v) is 4.84. The van der Waals surface area contributed by atoms with Crippen LogP contribution in [0.25, 0.3) is 0 Å². The lowest BCUT2D eigenvalue weighted by Crippen LogP contribution is -2.31. The number of para-hydroxylation sites is 1. The maximum absolute atomic E-state index is 11.8. The van der Waals surface area contributed by atoms with Crippen LogP contribution in [0.4, 0.5) is 5.69 Å². The predicted molar refractivity (Wildman–Crippen MR) is 76.3 cm³/mol. The number of nitrogens with two attached hydrogens (primary N) is 1. The van der Waals surface area contributed by atoms with Gasteiger partial charge in [0.2, 0.25) is 5.91 Å². The average Bonchev–Trinajstić information content (AvgIpc) is 2.31. The Morgan fingerprint density at radius 3 is 2.56 bits per heavy atom. The molecule has 0 atom stereocenters. The molecule has 0 aliphatic carbocycles. The van der Waals surface area contributed by atoms with Crippen molar-refractivity contribution in [2.45, 2.75) is 6.42 Å². The third kappa shape index (κ3) is 4.82. The van der Waals surface area contributed by atoms with E-state index in [1.165, 1.54) is 0 Å². The van der Waals surface area contributed by atoms with Crippen molar-refractivity contribution in [3.05, 3.63) is 28.2 Å². The molecule has 6 heteroatoms. The van der Waals surface area contributed by atoms with Gasteiger partial charge in [0, 0.05) is 0 Å². The number of nitrogens with one attached hydrogen (secondary N) is 1. The Morgan fingerprint density at radius 2 is 2.00 bits per heavy atom. The molecule has 100 valence electrons. The molecule has 0 bridgehead atoms. The summed E-state index contributed by atoms with van der Waals surface area (Å²) in [6, 6.07) is 5.09. The van der Waals surface area contributed by atoms with Gasteiger partial charge in [-0.2, -0.15) is 0 Å². The van der Waals surface area contributed by atoms with E-state index >= 15 is 0 Å². The van der Waals surface area contributed by atoms with Crippen LogP contribution in [0, 0.1) is 0 Å². The van der Waals surface area contributed by atoms with E-state index in [-0.39, 0.29) is 12.5 Å². The third-order valence-corrected chi connectivity index (χ3v) is 3.01. The Bertz CT molecular complexity index is 392. The first kappa shape index (κ1) is 15.2. The summed E-state index contributed by atoms with van der Waals surface area (Å²) in [7, 11) is 1.86. The molecule has 1 aromatic rings. The zero-order valence-electron chi connectivity index (χ0n) is 10.2. The molecule has 0 aliphatic heterocycles. The highest BCUT2D eigenvalue weighted by molar-refractivity contribution is 6.39. The summed E-state index contributed by atoms with van der Waals surface area (Å²) in [5.41, 5.74) is 5.87. The van der Waals surface area contributed by atoms with Gasteiger partial charge in [-0.05, 0) is 38.7 Å². The lowest BCUT2D eigenvalue weighted by Gasteiger charge is -2.16. The first-order chi connectivity index (χ1) is 8.54. The minimum Gasteiger partial charge on any atom is -0.330 e. The SMILES string of the molecule is CN(CCCN)CC(=O)Nc1c(Cl)cccc1Cl. The lowest BCUT2D eigenvalue weighted by molar-refractivity contribution is -0.117. The Morgan fingerprint density at radius 1 is 1.39 bits per heavy atom. The number of halogens is 2. The fourth-order valence-corrected chi connectivity index (χ4v) is 1.97. The number of hydrogen-bond donors (Lipinski definition) is 2. The Kier molecular flexibility index (Phi) is 6.43. The van der Waals surface area contributed by atoms with Crippen LogP contribution in [-0.4, -0.2) is 37.5 Å². The molecule has 1 rings (SSSR count). The number of amides is 1. The standard InChI is InChI=1S/C12H17Cl2N3O/c1-17(7-3-6-15)8-11(18)16-12-9(13)4-2-5-10(12)14/h2,4-5H,3,6-8,15H2,1H3,(H,16,18). The van der Waals surface area contributed by atoms with Gasteiger partial charge in [-0.1, -0.05) is 29.3 Å². The predicted octanol–water partition coefficient (Wildman–Crippen LogP) is 2.21. The summed E-state index contributed by atoms with van der Waals surface area (Å²) < 4.78 is 0. The quantitative estimate of drug-likeness (QED) is 0.844. The molecule has 0 unspecified atom stereocenters. The van der Waals surface area contributed by atoms with Gasteiger partial charge in [0.1, 0.15) is 0 Å². The summed E-state index contributed by atoms with van der Waals surface area (Å²) in [6.07, 6.45) is 0.858. The number of anilines is 1. The summed E-state index contributed by atoms with van der Waals surface area (Å²) in [5, 5.41) is 3.57. The average molecular weight is 290 g/mol. The highest BCUT2D eigenvalue weighted by Gasteiger charge is 2.11. The van der Waals surface area contributed by atoms with Crippen LogP contribution >= 0.6 is 23.2 Å². The summed E-state index contributed by atoms with van der Waals surface area (Å²) >= 11 is 11.9. The number of carbonyl (C=O) groups is 1. The van der Waals surface area contributed by atoms with Crippen LogP contribution in [0.5, 0.6) is 0 Å². The van der Waals surface area contributed by atoms with E-state index in [4.69, 9.17) is 28.9 Å². The van der Waals surface area contributed by atoms with Gasteiger partial charge in [0.05, 0.1) is 22.3 Å². The van der Waals surface area contributed by atoms with Crippen LogP contribution in [-0.2, 0) is 4.79 Å². The normalized spacial score (nSPS) is 10.7. The number of rotatable bonds is 6. The Labute approximate surface area is 117 Å². The molecule has 4 nitrogen and oxygen atoms in total. The molecule has 0 fully saturated rings. The molecular weight excluding hydrogens is 273 g/mol. The van der Waals surface area contributed by atoms with Gasteiger partial charge in [0.15, 0.2) is 0 Å². The van der Waals surface area contributed by atoms with Crippen molar-refractivity contribution in [2.75, 3.05) is 32.0 Å². The van der Waals surface area contributed by atoms with E-state index in [1.807, 2.05) is 11.9 Å². The second kappa shape index (κ2) is 7.59. The summed E-state index contributed by atoms with van der Waals surface area (Å²) in [6.45, 7) is 1.67. The van der Waals surface area contributed by atoms with Crippen LogP contribution in [0.3, 0.4) is 0 Å². The first-order valence-electron chi connectivity index (χ1n) is 5.67. The Hall–Kier alpha value is -0.810. The monoisotopic (exact) mass is 289 g/mol. The fraction of sp³-hybridized carbons (Fsp3) is 0.417. The molecule has 0 aliphatic rings. The van der Waals surface area contributed by atoms with E-state index in [0.717, 1.165) is 13.0 Å². The zero-order chi connectivity index (χ0) is 13.5. The summed E-state index contributed by atoms with van der Waals surface area (Å²) in [4.78, 5) is 13.7. The molecule has 0 saturated heterocycles. The van der Waals surface area contributed by atoms with E-state index in [2.05, 4.69) is 5.32 Å². The molecular formula is C12H17Cl2N3O. The minimum absolute atomic E-state index is 0.149. The van der Waals surface area contributed by atoms with E-state index in [0.29, 0.717) is 22.3 Å². The fourth-order valence-electron chi connectivity index (χ4n) is 1.48. The van der Waals surface area contributed by atoms with Gasteiger partial charge < -0.3 is 11.1 Å². The van der Waals surface area contributed by atoms with Crippen molar-refractivity contribution in [1.29, 1.82) is 0 Å². The third-order valence-electron chi connectivity index (χ3n) is 2.38. The lowest BCUT2D eigenvalue weighted by atomic mass is 10.3. The number of nitrogens with zero attached hydrogens (tertiary/aromatic N) is 1. The second-order valence-electron chi connectivity index (χ2n) is 4.02. The van der Waals surface area contributed by atoms with Crippen LogP contribution < -0.4 is 11.1 Å². The van der Waals surface area contributed by atoms with Crippen molar-refractivity contribution >= 4 is 34.8 Å². The maximum atomic E-state index is 11.8. The molecule has 0 spiro atoms. The number of carbonyl (C=O) groups excluding carboxylic acids is 1. The smallest absolute Gasteiger partial charge is 0.238 e. The summed E-state index contributed by atoms with van der Waals surface area (Å²) in [5.74, 6) is -0.149. The van der Waals surface area contributed by atoms with Crippen molar-refractivity contribution < 1.29 is 4.79 Å². The number of likely N-dealkylation sites (N-methyl/N-ethyl adjacent to an activating group) is 1. The topological polar surface area (TPSA) is 58.4 Å². The van der Waals surface area contributed by atoms with Crippen molar-refractivity contribution in [1.82, 2.24) is 4.90 Å². The van der Waals surface area contributed by atoms with Crippen LogP contribution in [0.1, 0.15) is 6.42 Å². The zero-order valence-corrected chi connectivity index (χ0v) is 11.8. The largest absolute Gasteiger partial charge is 0.330 e. The van der Waals surface area contributed by atoms with Gasteiger partial charge in [-0.25, -0.2) is 0 Å². The van der Waals surface area contributed by atoms with Gasteiger partial charge in [-0.15, -0.1) is 0 Å². The molecule has 0 aromatic heterocycles. The van der Waals surface area contributed by atoms with Crippen LogP contribution in [0.15, 0.2) is 18.2 Å². The van der Waals surface area contributed by atoms with Gasteiger partial charge in [-0.3, -0.25) is 9.69 Å². The van der Waals surface area contributed by atoms with Gasteiger partial charge in [0.25, 0.3) is 0 Å². The molecule has 1 amide bonds. The molecule has 0 heterocycles. The van der Waals surface area contributed by atoms with E-state index < -0.39 is 0 Å². The van der Waals surface area contributed by atoms with Crippen LogP contribution in [0.2, 0.25) is 10.0 Å². The molecule has 3 N–H and O–H groups in total. The van der Waals surface area contributed by atoms with E-state index in [9.17, 15) is 4.79 Å².